The van der Waals surface area contributed by atoms with Crippen LogP contribution in [-0.4, -0.2) is 15.3 Å². The molecule has 0 fully saturated rings. The number of allylic oxidation sites excluding steroid dienone is 2. The zero-order valence-corrected chi connectivity index (χ0v) is 20.5. The van der Waals surface area contributed by atoms with Crippen molar-refractivity contribution in [2.45, 2.75) is 5.54 Å². The first-order valence-corrected chi connectivity index (χ1v) is 12.9. The quantitative estimate of drug-likeness (QED) is 0.249. The Bertz CT molecular complexity index is 1930. The molecule has 1 aliphatic heterocycles. The van der Waals surface area contributed by atoms with Gasteiger partial charge in [-0.05, 0) is 34.1 Å². The molecule has 2 heterocycles. The number of aromatic nitrogens is 2. The van der Waals surface area contributed by atoms with Gasteiger partial charge in [0.2, 0.25) is 0 Å². The molecule has 2 aliphatic rings. The van der Waals surface area contributed by atoms with Crippen LogP contribution in [0.2, 0.25) is 0 Å². The van der Waals surface area contributed by atoms with E-state index in [9.17, 15) is 4.79 Å². The van der Waals surface area contributed by atoms with Gasteiger partial charge in [0.25, 0.3) is 0 Å². The second kappa shape index (κ2) is 7.74. The third kappa shape index (κ3) is 2.68. The maximum Gasteiger partial charge on any atom is 0.186 e. The van der Waals surface area contributed by atoms with E-state index < -0.39 is 5.54 Å². The van der Waals surface area contributed by atoms with Crippen LogP contribution in [0.4, 0.5) is 0 Å². The number of nitrogens with zero attached hydrogens (tertiary/aromatic N) is 2. The molecule has 0 saturated carbocycles. The molecule has 0 bridgehead atoms. The fourth-order valence-electron chi connectivity index (χ4n) is 6.41. The Balaban J connectivity index is 1.63. The van der Waals surface area contributed by atoms with Crippen molar-refractivity contribution in [3.8, 4) is 33.9 Å². The van der Waals surface area contributed by atoms with Crippen molar-refractivity contribution in [2.24, 2.45) is 0 Å². The first kappa shape index (κ1) is 21.1. The predicted octanol–water partition coefficient (Wildman–Crippen LogP) is 7.90. The number of imidazole rings is 1. The summed E-state index contributed by atoms with van der Waals surface area (Å²) >= 11 is 0. The molecule has 1 aliphatic carbocycles. The van der Waals surface area contributed by atoms with Gasteiger partial charge < -0.3 is 4.57 Å². The van der Waals surface area contributed by atoms with Gasteiger partial charge in [0.1, 0.15) is 11.4 Å². The van der Waals surface area contributed by atoms with E-state index in [1.807, 2.05) is 30.3 Å². The van der Waals surface area contributed by atoms with Crippen molar-refractivity contribution < 1.29 is 4.79 Å². The predicted molar refractivity (Wildman–Crippen MR) is 152 cm³/mol. The highest BCUT2D eigenvalue weighted by Crippen LogP contribution is 2.54. The number of carbonyl (C=O) groups excluding carboxylic acids is 1. The minimum absolute atomic E-state index is 0.0310. The Labute approximate surface area is 220 Å². The molecule has 8 rings (SSSR count). The number of fused-ring (bicyclic) bond motifs is 6. The fraction of sp³-hybridized carbons (Fsp3) is 0.0286. The van der Waals surface area contributed by atoms with Crippen LogP contribution in [0.5, 0.6) is 0 Å². The van der Waals surface area contributed by atoms with Gasteiger partial charge in [0.05, 0.1) is 11.4 Å². The molecule has 1 atom stereocenters. The first-order valence-electron chi connectivity index (χ1n) is 12.9. The molecule has 1 aromatic heterocycles. The van der Waals surface area contributed by atoms with Crippen LogP contribution in [0.1, 0.15) is 21.5 Å². The van der Waals surface area contributed by atoms with E-state index in [0.29, 0.717) is 0 Å². The Morgan fingerprint density at radius 1 is 0.605 bits per heavy atom. The number of hydrogen-bond acceptors (Lipinski definition) is 2. The van der Waals surface area contributed by atoms with Gasteiger partial charge in [-0.3, -0.25) is 4.79 Å². The molecular weight excluding hydrogens is 464 g/mol. The lowest BCUT2D eigenvalue weighted by molar-refractivity contribution is 0.104. The zero-order valence-electron chi connectivity index (χ0n) is 20.5. The topological polar surface area (TPSA) is 34.9 Å². The summed E-state index contributed by atoms with van der Waals surface area (Å²) < 4.78 is 2.38. The van der Waals surface area contributed by atoms with Gasteiger partial charge in [0, 0.05) is 22.3 Å². The van der Waals surface area contributed by atoms with Crippen molar-refractivity contribution in [1.82, 2.24) is 9.55 Å². The SMILES string of the molecule is O=C1C=CC2(c3ccccc31)c1cccc3cccc(c13)-c1nc(-c3ccccc3)c(-c3ccccc3)n12. The summed E-state index contributed by atoms with van der Waals surface area (Å²) in [6.45, 7) is 0. The van der Waals surface area contributed by atoms with Crippen LogP contribution in [0.3, 0.4) is 0 Å². The molecular formula is C35H22N2O. The first-order chi connectivity index (χ1) is 18.8. The highest BCUT2D eigenvalue weighted by Gasteiger charge is 2.47. The van der Waals surface area contributed by atoms with E-state index in [4.69, 9.17) is 4.98 Å². The lowest BCUT2D eigenvalue weighted by Gasteiger charge is -2.42. The summed E-state index contributed by atoms with van der Waals surface area (Å²) in [6, 6.07) is 41.8. The summed E-state index contributed by atoms with van der Waals surface area (Å²) in [7, 11) is 0. The third-order valence-electron chi connectivity index (χ3n) is 7.96. The maximum absolute atomic E-state index is 13.2. The van der Waals surface area contributed by atoms with E-state index in [1.54, 1.807) is 6.08 Å². The van der Waals surface area contributed by atoms with Crippen molar-refractivity contribution >= 4 is 16.6 Å². The fourth-order valence-corrected chi connectivity index (χ4v) is 6.41. The minimum atomic E-state index is -0.737. The van der Waals surface area contributed by atoms with Crippen LogP contribution >= 0.6 is 0 Å². The smallest absolute Gasteiger partial charge is 0.186 e. The number of ketones is 1. The minimum Gasteiger partial charge on any atom is -0.305 e. The molecule has 1 spiro atoms. The molecule has 5 aromatic carbocycles. The van der Waals surface area contributed by atoms with Crippen LogP contribution in [-0.2, 0) is 5.54 Å². The van der Waals surface area contributed by atoms with Crippen molar-refractivity contribution in [1.29, 1.82) is 0 Å². The van der Waals surface area contributed by atoms with Crippen LogP contribution in [0.25, 0.3) is 44.7 Å². The average Bonchev–Trinajstić information content (AvgIpc) is 3.40. The summed E-state index contributed by atoms with van der Waals surface area (Å²) in [6.07, 6.45) is 3.84. The number of rotatable bonds is 2. The van der Waals surface area contributed by atoms with Crippen molar-refractivity contribution in [2.75, 3.05) is 0 Å². The van der Waals surface area contributed by atoms with Crippen molar-refractivity contribution in [3.05, 3.63) is 150 Å². The number of carbonyl (C=O) groups is 1. The monoisotopic (exact) mass is 486 g/mol. The average molecular weight is 487 g/mol. The zero-order chi connectivity index (χ0) is 25.3. The normalized spacial score (nSPS) is 17.0. The Hall–Kier alpha value is -5.02. The van der Waals surface area contributed by atoms with E-state index in [0.717, 1.165) is 50.6 Å². The molecule has 0 radical (unpaired) electrons. The lowest BCUT2D eigenvalue weighted by atomic mass is 9.71. The van der Waals surface area contributed by atoms with Gasteiger partial charge in [-0.1, -0.05) is 121 Å². The summed E-state index contributed by atoms with van der Waals surface area (Å²) in [5, 5.41) is 2.35. The summed E-state index contributed by atoms with van der Waals surface area (Å²) in [5.41, 5.74) is 7.33. The second-order valence-corrected chi connectivity index (χ2v) is 9.92. The van der Waals surface area contributed by atoms with E-state index in [-0.39, 0.29) is 5.78 Å². The highest BCUT2D eigenvalue weighted by molar-refractivity contribution is 6.10. The molecule has 178 valence electrons. The molecule has 3 nitrogen and oxygen atoms in total. The summed E-state index contributed by atoms with van der Waals surface area (Å²) in [4.78, 5) is 18.6. The third-order valence-corrected chi connectivity index (χ3v) is 7.96. The van der Waals surface area contributed by atoms with E-state index >= 15 is 0 Å². The lowest BCUT2D eigenvalue weighted by Crippen LogP contribution is -2.40. The van der Waals surface area contributed by atoms with Gasteiger partial charge in [-0.2, -0.15) is 0 Å². The maximum atomic E-state index is 13.2. The molecule has 0 amide bonds. The molecule has 1 unspecified atom stereocenters. The van der Waals surface area contributed by atoms with Crippen molar-refractivity contribution in [3.63, 3.8) is 0 Å². The van der Waals surface area contributed by atoms with Gasteiger partial charge in [0.15, 0.2) is 5.78 Å². The van der Waals surface area contributed by atoms with Crippen LogP contribution in [0, 0.1) is 0 Å². The molecule has 0 saturated heterocycles. The van der Waals surface area contributed by atoms with Gasteiger partial charge >= 0.3 is 0 Å². The van der Waals surface area contributed by atoms with E-state index in [2.05, 4.69) is 102 Å². The standard InChI is InChI=1S/C35H22N2O/c38-30-21-22-35(28-19-8-7-17-26(28)30)29-20-10-16-23-15-9-18-27(31(23)29)34-36-32(24-11-3-1-4-12-24)33(37(34)35)25-13-5-2-6-14-25/h1-22H. The Morgan fingerprint density at radius 3 is 2.03 bits per heavy atom. The summed E-state index contributed by atoms with van der Waals surface area (Å²) in [5.74, 6) is 0.935. The van der Waals surface area contributed by atoms with Crippen LogP contribution in [0.15, 0.2) is 133 Å². The second-order valence-electron chi connectivity index (χ2n) is 9.92. The molecule has 6 aromatic rings. The number of benzene rings is 5. The highest BCUT2D eigenvalue weighted by atomic mass is 16.1. The molecule has 3 heteroatoms. The van der Waals surface area contributed by atoms with Gasteiger partial charge in [-0.15, -0.1) is 0 Å². The van der Waals surface area contributed by atoms with Crippen LogP contribution < -0.4 is 0 Å². The Kier molecular flexibility index (Phi) is 4.30. The van der Waals surface area contributed by atoms with Gasteiger partial charge in [-0.25, -0.2) is 4.98 Å². The molecule has 38 heavy (non-hydrogen) atoms. The van der Waals surface area contributed by atoms with E-state index in [1.165, 1.54) is 10.8 Å². The largest absolute Gasteiger partial charge is 0.305 e. The number of hydrogen-bond donors (Lipinski definition) is 0. The Morgan fingerprint density at radius 2 is 1.24 bits per heavy atom. The molecule has 0 N–H and O–H groups in total.